The zero-order valence-corrected chi connectivity index (χ0v) is 20.9. The molecule has 0 radical (unpaired) electrons. The monoisotopic (exact) mass is 508 g/mol. The molecule has 38 heavy (non-hydrogen) atoms. The number of H-pyrrole nitrogens is 1. The van der Waals surface area contributed by atoms with Gasteiger partial charge in [0, 0.05) is 35.8 Å². The van der Waals surface area contributed by atoms with Crippen molar-refractivity contribution in [1.29, 1.82) is 0 Å². The number of anilines is 3. The Kier molecular flexibility index (Phi) is 4.71. The van der Waals surface area contributed by atoms with Gasteiger partial charge in [0.15, 0.2) is 11.6 Å². The number of rotatable bonds is 6. The van der Waals surface area contributed by atoms with E-state index in [1.54, 1.807) is 31.3 Å². The Balaban J connectivity index is 1.20. The fraction of sp³-hybridized carbons (Fsp3) is 0.222. The molecule has 1 amide bonds. The van der Waals surface area contributed by atoms with Gasteiger partial charge in [-0.1, -0.05) is 6.07 Å². The number of fused-ring (bicyclic) bond motifs is 3. The molecule has 1 spiro atoms. The van der Waals surface area contributed by atoms with Crippen LogP contribution in [0, 0.1) is 0 Å². The Morgan fingerprint density at radius 1 is 1.11 bits per heavy atom. The molecular formula is C27H24N8O3. The van der Waals surface area contributed by atoms with E-state index >= 15 is 0 Å². The second-order valence-corrected chi connectivity index (χ2v) is 9.61. The maximum Gasteiger partial charge on any atom is 0.257 e. The molecule has 190 valence electrons. The third-order valence-corrected chi connectivity index (χ3v) is 7.48. The van der Waals surface area contributed by atoms with Gasteiger partial charge in [-0.05, 0) is 47.9 Å². The first kappa shape index (κ1) is 22.3. The second kappa shape index (κ2) is 8.04. The number of benzene rings is 2. The van der Waals surface area contributed by atoms with Crippen molar-refractivity contribution in [2.75, 3.05) is 24.9 Å². The van der Waals surface area contributed by atoms with Crippen molar-refractivity contribution in [3.05, 3.63) is 66.1 Å². The summed E-state index contributed by atoms with van der Waals surface area (Å²) in [5.41, 5.74) is 4.73. The first-order chi connectivity index (χ1) is 18.5. The van der Waals surface area contributed by atoms with Crippen LogP contribution in [0.25, 0.3) is 22.2 Å². The molecule has 2 aromatic carbocycles. The number of hydrogen-bond acceptors (Lipinski definition) is 8. The first-order valence-corrected chi connectivity index (χ1v) is 12.1. The molecule has 5 aromatic rings. The quantitative estimate of drug-likeness (QED) is 0.315. The topological polar surface area (TPSA) is 132 Å². The van der Waals surface area contributed by atoms with E-state index in [9.17, 15) is 4.79 Å². The highest BCUT2D eigenvalue weighted by atomic mass is 16.5. The number of amides is 1. The standard InChI is InChI=1S/C27H24N8O3/c1-35-13-15(11-29-35)22-12-28-25(38-3)24(30-22)32-23-17-6-4-14(8-21(17)33-34-23)19-10-27(19)18-9-16(37-2)5-7-20(18)31-26(27)36/h4-9,11-13,19H,10H2,1-3H3,(H,31,36)(H2,30,32,33,34)/t19-,27-/m0/s1. The van der Waals surface area contributed by atoms with E-state index in [4.69, 9.17) is 14.5 Å². The highest BCUT2D eigenvalue weighted by Gasteiger charge is 2.65. The number of carbonyl (C=O) groups excluding carboxylic acids is 1. The number of nitrogens with one attached hydrogen (secondary N) is 3. The molecule has 0 saturated heterocycles. The molecule has 2 atom stereocenters. The van der Waals surface area contributed by atoms with Crippen molar-refractivity contribution >= 4 is 34.1 Å². The van der Waals surface area contributed by atoms with Gasteiger partial charge >= 0.3 is 0 Å². The number of methoxy groups -OCH3 is 2. The second-order valence-electron chi connectivity index (χ2n) is 9.61. The number of aryl methyl sites for hydroxylation is 1. The van der Waals surface area contributed by atoms with Gasteiger partial charge in [0.2, 0.25) is 5.91 Å². The number of aromatic amines is 1. The van der Waals surface area contributed by atoms with E-state index in [0.29, 0.717) is 23.2 Å². The van der Waals surface area contributed by atoms with Crippen LogP contribution in [-0.2, 0) is 17.3 Å². The van der Waals surface area contributed by atoms with Crippen LogP contribution in [-0.4, -0.2) is 50.1 Å². The van der Waals surface area contributed by atoms with Crippen LogP contribution in [0.1, 0.15) is 23.5 Å². The smallest absolute Gasteiger partial charge is 0.257 e. The molecule has 1 aliphatic heterocycles. The maximum absolute atomic E-state index is 13.0. The molecule has 11 heteroatoms. The minimum atomic E-state index is -0.561. The zero-order chi connectivity index (χ0) is 26.0. The summed E-state index contributed by atoms with van der Waals surface area (Å²) in [6.07, 6.45) is 6.00. The number of aromatic nitrogens is 6. The van der Waals surface area contributed by atoms with Gasteiger partial charge in [-0.25, -0.2) is 9.97 Å². The predicted octanol–water partition coefficient (Wildman–Crippen LogP) is 3.89. The van der Waals surface area contributed by atoms with Gasteiger partial charge in [0.05, 0.1) is 43.2 Å². The number of ether oxygens (including phenoxy) is 2. The minimum Gasteiger partial charge on any atom is -0.497 e. The highest BCUT2D eigenvalue weighted by Crippen LogP contribution is 2.65. The lowest BCUT2D eigenvalue weighted by molar-refractivity contribution is -0.118. The van der Waals surface area contributed by atoms with Gasteiger partial charge < -0.3 is 20.1 Å². The SMILES string of the molecule is COc1ccc2c(c1)[C@]1(C[C@H]1c1ccc3c(Nc4nc(-c5cnn(C)c5)cnc4OC)n[nH]c3c1)C(=O)N2. The molecule has 3 N–H and O–H groups in total. The van der Waals surface area contributed by atoms with Crippen LogP contribution in [0.5, 0.6) is 11.6 Å². The number of nitrogens with zero attached hydrogens (tertiary/aromatic N) is 5. The van der Waals surface area contributed by atoms with Crippen LogP contribution in [0.2, 0.25) is 0 Å². The Morgan fingerprint density at radius 3 is 2.79 bits per heavy atom. The van der Waals surface area contributed by atoms with E-state index < -0.39 is 5.41 Å². The van der Waals surface area contributed by atoms with E-state index in [0.717, 1.165) is 45.5 Å². The highest BCUT2D eigenvalue weighted by molar-refractivity contribution is 6.10. The summed E-state index contributed by atoms with van der Waals surface area (Å²) in [4.78, 5) is 22.1. The molecule has 3 aromatic heterocycles. The third kappa shape index (κ3) is 3.24. The lowest BCUT2D eigenvalue weighted by Gasteiger charge is -2.11. The lowest BCUT2D eigenvalue weighted by Crippen LogP contribution is -2.21. The Hall–Kier alpha value is -4.93. The summed E-state index contributed by atoms with van der Waals surface area (Å²) in [6, 6.07) is 11.9. The summed E-state index contributed by atoms with van der Waals surface area (Å²) in [7, 11) is 5.03. The minimum absolute atomic E-state index is 0.0389. The van der Waals surface area contributed by atoms with Gasteiger partial charge in [-0.3, -0.25) is 14.6 Å². The van der Waals surface area contributed by atoms with Crippen molar-refractivity contribution in [2.24, 2.45) is 7.05 Å². The largest absolute Gasteiger partial charge is 0.497 e. The molecule has 1 fully saturated rings. The summed E-state index contributed by atoms with van der Waals surface area (Å²) >= 11 is 0. The van der Waals surface area contributed by atoms with Crippen LogP contribution >= 0.6 is 0 Å². The van der Waals surface area contributed by atoms with Crippen LogP contribution in [0.3, 0.4) is 0 Å². The van der Waals surface area contributed by atoms with Crippen molar-refractivity contribution in [1.82, 2.24) is 29.9 Å². The normalized spacial score (nSPS) is 19.4. The van der Waals surface area contributed by atoms with E-state index in [1.165, 1.54) is 0 Å². The van der Waals surface area contributed by atoms with Gasteiger partial charge in [0.1, 0.15) is 5.75 Å². The first-order valence-electron chi connectivity index (χ1n) is 12.1. The maximum atomic E-state index is 13.0. The zero-order valence-electron chi connectivity index (χ0n) is 20.9. The number of hydrogen-bond donors (Lipinski definition) is 3. The molecule has 2 aliphatic rings. The molecule has 1 aliphatic carbocycles. The van der Waals surface area contributed by atoms with Crippen molar-refractivity contribution in [2.45, 2.75) is 17.8 Å². The van der Waals surface area contributed by atoms with Crippen LogP contribution < -0.4 is 20.1 Å². The fourth-order valence-electron chi connectivity index (χ4n) is 5.46. The molecule has 1 saturated carbocycles. The lowest BCUT2D eigenvalue weighted by atomic mass is 9.91. The molecule has 11 nitrogen and oxygen atoms in total. The average Bonchev–Trinajstić information content (AvgIpc) is 3.17. The molecule has 0 unspecified atom stereocenters. The van der Waals surface area contributed by atoms with E-state index in [-0.39, 0.29) is 11.8 Å². The van der Waals surface area contributed by atoms with Gasteiger partial charge in [-0.2, -0.15) is 10.2 Å². The van der Waals surface area contributed by atoms with Gasteiger partial charge in [-0.15, -0.1) is 0 Å². The Morgan fingerprint density at radius 2 is 2.00 bits per heavy atom. The van der Waals surface area contributed by atoms with Crippen LogP contribution in [0.4, 0.5) is 17.3 Å². The molecular weight excluding hydrogens is 484 g/mol. The molecule has 4 heterocycles. The molecule has 0 bridgehead atoms. The Bertz CT molecular complexity index is 1740. The van der Waals surface area contributed by atoms with E-state index in [1.807, 2.05) is 37.5 Å². The predicted molar refractivity (Wildman–Crippen MR) is 141 cm³/mol. The van der Waals surface area contributed by atoms with Crippen molar-refractivity contribution < 1.29 is 14.3 Å². The van der Waals surface area contributed by atoms with Crippen molar-refractivity contribution in [3.8, 4) is 22.9 Å². The summed E-state index contributed by atoms with van der Waals surface area (Å²) < 4.78 is 12.6. The molecule has 7 rings (SSSR count). The number of carbonyl (C=O) groups is 1. The summed E-state index contributed by atoms with van der Waals surface area (Å²) in [6.45, 7) is 0. The third-order valence-electron chi connectivity index (χ3n) is 7.48. The average molecular weight is 509 g/mol. The Labute approximate surface area is 217 Å². The summed E-state index contributed by atoms with van der Waals surface area (Å²) in [5.74, 6) is 2.25. The van der Waals surface area contributed by atoms with Crippen molar-refractivity contribution in [3.63, 3.8) is 0 Å². The van der Waals surface area contributed by atoms with E-state index in [2.05, 4.69) is 43.0 Å². The summed E-state index contributed by atoms with van der Waals surface area (Å²) in [5, 5.41) is 19.0. The van der Waals surface area contributed by atoms with Crippen LogP contribution in [0.15, 0.2) is 55.0 Å². The van der Waals surface area contributed by atoms with Gasteiger partial charge in [0.25, 0.3) is 5.88 Å². The fourth-order valence-corrected chi connectivity index (χ4v) is 5.46.